The van der Waals surface area contributed by atoms with Crippen LogP contribution in [0.3, 0.4) is 0 Å². The molecule has 0 spiro atoms. The Balaban J connectivity index is 1.92. The topological polar surface area (TPSA) is 37.6 Å². The zero-order chi connectivity index (χ0) is 13.0. The van der Waals surface area contributed by atoms with Crippen molar-refractivity contribution in [3.8, 4) is 0 Å². The molecule has 1 unspecified atom stereocenters. The van der Waals surface area contributed by atoms with E-state index in [4.69, 9.17) is 9.15 Å². The van der Waals surface area contributed by atoms with E-state index in [1.165, 1.54) is 5.56 Å². The SMILES string of the molecule is CCNCc1cc(CN(C)C2CCOC2)oc1C. The molecular formula is C14H24N2O2. The van der Waals surface area contributed by atoms with Crippen LogP contribution in [0.4, 0.5) is 0 Å². The van der Waals surface area contributed by atoms with Crippen molar-refractivity contribution in [2.24, 2.45) is 0 Å². The van der Waals surface area contributed by atoms with Crippen molar-refractivity contribution in [3.05, 3.63) is 23.2 Å². The normalized spacial score (nSPS) is 19.9. The summed E-state index contributed by atoms with van der Waals surface area (Å²) in [5.41, 5.74) is 1.27. The smallest absolute Gasteiger partial charge is 0.118 e. The molecule has 1 fully saturated rings. The second-order valence-electron chi connectivity index (χ2n) is 5.01. The standard InChI is InChI=1S/C14H24N2O2/c1-4-15-8-12-7-14(18-11(12)2)9-16(3)13-5-6-17-10-13/h7,13,15H,4-6,8-10H2,1-3H3. The minimum Gasteiger partial charge on any atom is -0.465 e. The van der Waals surface area contributed by atoms with Gasteiger partial charge in [-0.3, -0.25) is 4.90 Å². The number of hydrogen-bond acceptors (Lipinski definition) is 4. The summed E-state index contributed by atoms with van der Waals surface area (Å²) < 4.78 is 11.2. The van der Waals surface area contributed by atoms with Gasteiger partial charge in [0.2, 0.25) is 0 Å². The Labute approximate surface area is 109 Å². The predicted octanol–water partition coefficient (Wildman–Crippen LogP) is 1.92. The maximum Gasteiger partial charge on any atom is 0.118 e. The molecule has 2 rings (SSSR count). The molecule has 1 aromatic rings. The van der Waals surface area contributed by atoms with E-state index in [9.17, 15) is 0 Å². The molecule has 1 N–H and O–H groups in total. The molecule has 1 atom stereocenters. The highest BCUT2D eigenvalue weighted by Crippen LogP contribution is 2.18. The molecule has 4 heteroatoms. The van der Waals surface area contributed by atoms with Crippen molar-refractivity contribution in [2.45, 2.75) is 39.4 Å². The Morgan fingerprint density at radius 1 is 1.50 bits per heavy atom. The van der Waals surface area contributed by atoms with Crippen molar-refractivity contribution >= 4 is 0 Å². The van der Waals surface area contributed by atoms with Crippen molar-refractivity contribution < 1.29 is 9.15 Å². The van der Waals surface area contributed by atoms with Crippen LogP contribution in [0.25, 0.3) is 0 Å². The van der Waals surface area contributed by atoms with Gasteiger partial charge in [0.1, 0.15) is 11.5 Å². The molecule has 0 amide bonds. The van der Waals surface area contributed by atoms with E-state index in [0.717, 1.165) is 50.8 Å². The van der Waals surface area contributed by atoms with Crippen LogP contribution < -0.4 is 5.32 Å². The lowest BCUT2D eigenvalue weighted by Gasteiger charge is -2.21. The van der Waals surface area contributed by atoms with Gasteiger partial charge in [0.05, 0.1) is 13.2 Å². The monoisotopic (exact) mass is 252 g/mol. The summed E-state index contributed by atoms with van der Waals surface area (Å²) in [5, 5.41) is 3.33. The van der Waals surface area contributed by atoms with Gasteiger partial charge in [-0.15, -0.1) is 0 Å². The van der Waals surface area contributed by atoms with Gasteiger partial charge in [-0.05, 0) is 33.0 Å². The lowest BCUT2D eigenvalue weighted by molar-refractivity contribution is 0.152. The van der Waals surface area contributed by atoms with E-state index in [0.29, 0.717) is 6.04 Å². The van der Waals surface area contributed by atoms with Gasteiger partial charge in [0, 0.05) is 24.8 Å². The Bertz CT molecular complexity index is 370. The quantitative estimate of drug-likeness (QED) is 0.839. The minimum absolute atomic E-state index is 0.535. The number of rotatable bonds is 6. The van der Waals surface area contributed by atoms with Gasteiger partial charge in [-0.2, -0.15) is 0 Å². The summed E-state index contributed by atoms with van der Waals surface area (Å²) in [7, 11) is 2.14. The Morgan fingerprint density at radius 3 is 3.00 bits per heavy atom. The summed E-state index contributed by atoms with van der Waals surface area (Å²) in [6, 6.07) is 2.71. The summed E-state index contributed by atoms with van der Waals surface area (Å²) in [5.74, 6) is 2.08. The number of nitrogens with one attached hydrogen (secondary N) is 1. The molecule has 0 bridgehead atoms. The molecule has 1 aliphatic rings. The average molecular weight is 252 g/mol. The molecule has 1 aliphatic heterocycles. The molecule has 0 aliphatic carbocycles. The first-order valence-electron chi connectivity index (χ1n) is 6.77. The van der Waals surface area contributed by atoms with Gasteiger partial charge in [0.15, 0.2) is 0 Å². The van der Waals surface area contributed by atoms with E-state index in [1.54, 1.807) is 0 Å². The first-order chi connectivity index (χ1) is 8.70. The lowest BCUT2D eigenvalue weighted by atomic mass is 10.2. The fourth-order valence-corrected chi connectivity index (χ4v) is 2.35. The van der Waals surface area contributed by atoms with E-state index < -0.39 is 0 Å². The Morgan fingerprint density at radius 2 is 2.33 bits per heavy atom. The van der Waals surface area contributed by atoms with Crippen LogP contribution >= 0.6 is 0 Å². The van der Waals surface area contributed by atoms with Crippen LogP contribution in [-0.4, -0.2) is 37.7 Å². The maximum absolute atomic E-state index is 5.82. The van der Waals surface area contributed by atoms with Gasteiger partial charge >= 0.3 is 0 Å². The van der Waals surface area contributed by atoms with Gasteiger partial charge in [0.25, 0.3) is 0 Å². The lowest BCUT2D eigenvalue weighted by Crippen LogP contribution is -2.31. The number of likely N-dealkylation sites (N-methyl/N-ethyl adjacent to an activating group) is 1. The molecule has 18 heavy (non-hydrogen) atoms. The highest BCUT2D eigenvalue weighted by molar-refractivity contribution is 5.20. The van der Waals surface area contributed by atoms with Gasteiger partial charge in [-0.1, -0.05) is 6.92 Å². The van der Waals surface area contributed by atoms with Crippen LogP contribution in [-0.2, 0) is 17.8 Å². The highest BCUT2D eigenvalue weighted by Gasteiger charge is 2.21. The summed E-state index contributed by atoms with van der Waals surface area (Å²) in [6.45, 7) is 8.62. The second kappa shape index (κ2) is 6.36. The maximum atomic E-state index is 5.82. The van der Waals surface area contributed by atoms with Crippen LogP contribution in [0.2, 0.25) is 0 Å². The van der Waals surface area contributed by atoms with E-state index in [-0.39, 0.29) is 0 Å². The van der Waals surface area contributed by atoms with Crippen LogP contribution in [0, 0.1) is 6.92 Å². The van der Waals surface area contributed by atoms with Crippen LogP contribution in [0.1, 0.15) is 30.4 Å². The summed E-state index contributed by atoms with van der Waals surface area (Å²) in [6.07, 6.45) is 1.13. The Kier molecular flexibility index (Phi) is 4.80. The largest absolute Gasteiger partial charge is 0.465 e. The summed E-state index contributed by atoms with van der Waals surface area (Å²) >= 11 is 0. The molecule has 0 radical (unpaired) electrons. The first kappa shape index (κ1) is 13.6. The van der Waals surface area contributed by atoms with E-state index in [1.807, 2.05) is 6.92 Å². The number of aryl methyl sites for hydroxylation is 1. The van der Waals surface area contributed by atoms with Crippen molar-refractivity contribution in [1.82, 2.24) is 10.2 Å². The third-order valence-corrected chi connectivity index (χ3v) is 3.57. The molecule has 0 saturated carbocycles. The molecule has 4 nitrogen and oxygen atoms in total. The first-order valence-corrected chi connectivity index (χ1v) is 6.77. The summed E-state index contributed by atoms with van der Waals surface area (Å²) in [4.78, 5) is 2.32. The van der Waals surface area contributed by atoms with Crippen LogP contribution in [0.15, 0.2) is 10.5 Å². The van der Waals surface area contributed by atoms with Gasteiger partial charge < -0.3 is 14.5 Å². The molecule has 0 aromatic carbocycles. The van der Waals surface area contributed by atoms with Gasteiger partial charge in [-0.25, -0.2) is 0 Å². The molecule has 2 heterocycles. The van der Waals surface area contributed by atoms with Crippen molar-refractivity contribution in [2.75, 3.05) is 26.8 Å². The zero-order valence-corrected chi connectivity index (χ0v) is 11.7. The number of ether oxygens (including phenoxy) is 1. The van der Waals surface area contributed by atoms with Crippen molar-refractivity contribution in [1.29, 1.82) is 0 Å². The third kappa shape index (κ3) is 3.34. The van der Waals surface area contributed by atoms with Crippen LogP contribution in [0.5, 0.6) is 0 Å². The van der Waals surface area contributed by atoms with E-state index in [2.05, 4.69) is 30.3 Å². The highest BCUT2D eigenvalue weighted by atomic mass is 16.5. The predicted molar refractivity (Wildman–Crippen MR) is 71.5 cm³/mol. The molecular weight excluding hydrogens is 228 g/mol. The Hall–Kier alpha value is -0.840. The molecule has 1 aromatic heterocycles. The second-order valence-corrected chi connectivity index (χ2v) is 5.01. The van der Waals surface area contributed by atoms with Crippen molar-refractivity contribution in [3.63, 3.8) is 0 Å². The molecule has 102 valence electrons. The zero-order valence-electron chi connectivity index (χ0n) is 11.7. The fraction of sp³-hybridized carbons (Fsp3) is 0.714. The third-order valence-electron chi connectivity index (χ3n) is 3.57. The van der Waals surface area contributed by atoms with E-state index >= 15 is 0 Å². The number of nitrogens with zero attached hydrogens (tertiary/aromatic N) is 1. The average Bonchev–Trinajstić information content (AvgIpc) is 2.96. The number of furan rings is 1. The minimum atomic E-state index is 0.535. The number of hydrogen-bond donors (Lipinski definition) is 1. The molecule has 1 saturated heterocycles. The fourth-order valence-electron chi connectivity index (χ4n) is 2.35.